The molecule has 1 fully saturated rings. The Morgan fingerprint density at radius 2 is 1.95 bits per heavy atom. The van der Waals surface area contributed by atoms with Gasteiger partial charge in [-0.25, -0.2) is 0 Å². The Morgan fingerprint density at radius 3 is 2.50 bits per heavy atom. The monoisotopic (exact) mass is 276 g/mol. The highest BCUT2D eigenvalue weighted by Gasteiger charge is 2.23. The molecule has 0 radical (unpaired) electrons. The summed E-state index contributed by atoms with van der Waals surface area (Å²) in [5.41, 5.74) is 7.48. The Morgan fingerprint density at radius 1 is 1.30 bits per heavy atom. The number of ether oxygens (including phenoxy) is 1. The molecule has 0 aliphatic carbocycles. The summed E-state index contributed by atoms with van der Waals surface area (Å²) in [4.78, 5) is 14.4. The van der Waals surface area contributed by atoms with E-state index >= 15 is 0 Å². The minimum absolute atomic E-state index is 0.139. The van der Waals surface area contributed by atoms with Crippen LogP contribution in [-0.2, 0) is 11.2 Å². The summed E-state index contributed by atoms with van der Waals surface area (Å²) in [6.45, 7) is 3.10. The summed E-state index contributed by atoms with van der Waals surface area (Å²) in [5, 5.41) is 0. The molecule has 2 rings (SSSR count). The van der Waals surface area contributed by atoms with Gasteiger partial charge in [0, 0.05) is 32.4 Å². The van der Waals surface area contributed by atoms with Gasteiger partial charge in [0.05, 0.1) is 0 Å². The van der Waals surface area contributed by atoms with Crippen molar-refractivity contribution >= 4 is 5.91 Å². The summed E-state index contributed by atoms with van der Waals surface area (Å²) in [6, 6.07) is 7.82. The van der Waals surface area contributed by atoms with E-state index in [1.807, 2.05) is 29.2 Å². The highest BCUT2D eigenvalue weighted by molar-refractivity contribution is 5.94. The van der Waals surface area contributed by atoms with Crippen LogP contribution in [0.25, 0.3) is 0 Å². The van der Waals surface area contributed by atoms with Gasteiger partial charge in [-0.2, -0.15) is 0 Å². The zero-order valence-corrected chi connectivity index (χ0v) is 12.2. The van der Waals surface area contributed by atoms with Crippen LogP contribution < -0.4 is 5.73 Å². The average Bonchev–Trinajstić information content (AvgIpc) is 2.49. The first-order valence-electron chi connectivity index (χ1n) is 7.32. The fraction of sp³-hybridized carbons (Fsp3) is 0.562. The molecular formula is C16H24N2O2. The minimum Gasteiger partial charge on any atom is -0.384 e. The quantitative estimate of drug-likeness (QED) is 0.890. The second-order valence-electron chi connectivity index (χ2n) is 5.43. The number of hydrogen-bond donors (Lipinski definition) is 1. The van der Waals surface area contributed by atoms with Gasteiger partial charge in [0.1, 0.15) is 0 Å². The van der Waals surface area contributed by atoms with Crippen LogP contribution >= 0.6 is 0 Å². The largest absolute Gasteiger partial charge is 0.384 e. The summed E-state index contributed by atoms with van der Waals surface area (Å²) < 4.78 is 5.18. The van der Waals surface area contributed by atoms with Crippen molar-refractivity contribution in [2.24, 2.45) is 11.7 Å². The highest BCUT2D eigenvalue weighted by atomic mass is 16.5. The average molecular weight is 276 g/mol. The molecule has 4 nitrogen and oxygen atoms in total. The predicted octanol–water partition coefficient (Wildman–Crippen LogP) is 1.69. The zero-order valence-electron chi connectivity index (χ0n) is 12.2. The number of rotatable bonds is 5. The molecule has 1 aromatic carbocycles. The first-order chi connectivity index (χ1) is 9.74. The van der Waals surface area contributed by atoms with Crippen molar-refractivity contribution in [3.63, 3.8) is 0 Å². The molecule has 20 heavy (non-hydrogen) atoms. The van der Waals surface area contributed by atoms with Crippen LogP contribution in [0.5, 0.6) is 0 Å². The number of likely N-dealkylation sites (tertiary alicyclic amines) is 1. The summed E-state index contributed by atoms with van der Waals surface area (Å²) in [7, 11) is 1.74. The molecule has 0 unspecified atom stereocenters. The van der Waals surface area contributed by atoms with Crippen molar-refractivity contribution in [1.29, 1.82) is 0 Å². The van der Waals surface area contributed by atoms with Crippen molar-refractivity contribution in [3.8, 4) is 0 Å². The first-order valence-corrected chi connectivity index (χ1v) is 7.32. The van der Waals surface area contributed by atoms with Gasteiger partial charge < -0.3 is 15.4 Å². The molecule has 1 amide bonds. The normalized spacial score (nSPS) is 16.4. The van der Waals surface area contributed by atoms with E-state index in [0.717, 1.165) is 44.5 Å². The van der Waals surface area contributed by atoms with E-state index in [1.54, 1.807) is 7.11 Å². The summed E-state index contributed by atoms with van der Waals surface area (Å²) in [5.74, 6) is 0.733. The lowest BCUT2D eigenvalue weighted by Crippen LogP contribution is -2.39. The third-order valence-electron chi connectivity index (χ3n) is 3.94. The number of nitrogens with two attached hydrogens (primary N) is 1. The number of carbonyl (C=O) groups excluding carboxylic acids is 1. The number of piperidine rings is 1. The van der Waals surface area contributed by atoms with Crippen molar-refractivity contribution < 1.29 is 9.53 Å². The van der Waals surface area contributed by atoms with E-state index in [2.05, 4.69) is 0 Å². The molecule has 4 heteroatoms. The van der Waals surface area contributed by atoms with Gasteiger partial charge in [-0.1, -0.05) is 12.1 Å². The lowest BCUT2D eigenvalue weighted by atomic mass is 9.97. The van der Waals surface area contributed by atoms with E-state index in [0.29, 0.717) is 12.5 Å². The molecule has 1 heterocycles. The van der Waals surface area contributed by atoms with Crippen molar-refractivity contribution in [1.82, 2.24) is 4.90 Å². The van der Waals surface area contributed by atoms with Gasteiger partial charge in [0.2, 0.25) is 0 Å². The molecule has 1 aliphatic rings. The van der Waals surface area contributed by atoms with Gasteiger partial charge in [-0.3, -0.25) is 4.79 Å². The van der Waals surface area contributed by atoms with E-state index in [1.165, 1.54) is 5.56 Å². The second-order valence-corrected chi connectivity index (χ2v) is 5.43. The van der Waals surface area contributed by atoms with Gasteiger partial charge >= 0.3 is 0 Å². The van der Waals surface area contributed by atoms with Gasteiger partial charge in [0.15, 0.2) is 0 Å². The molecule has 0 spiro atoms. The van der Waals surface area contributed by atoms with E-state index in [-0.39, 0.29) is 5.91 Å². The molecule has 0 bridgehead atoms. The molecule has 0 atom stereocenters. The Hall–Kier alpha value is -1.39. The third kappa shape index (κ3) is 3.81. The lowest BCUT2D eigenvalue weighted by Gasteiger charge is -2.31. The zero-order chi connectivity index (χ0) is 14.4. The maximum atomic E-state index is 12.4. The molecule has 110 valence electrons. The lowest BCUT2D eigenvalue weighted by molar-refractivity contribution is 0.0613. The third-order valence-corrected chi connectivity index (χ3v) is 3.94. The molecule has 1 aromatic rings. The number of benzene rings is 1. The molecule has 0 saturated carbocycles. The van der Waals surface area contributed by atoms with Crippen molar-refractivity contribution in [3.05, 3.63) is 35.4 Å². The maximum absolute atomic E-state index is 12.4. The summed E-state index contributed by atoms with van der Waals surface area (Å²) in [6.07, 6.45) is 2.92. The highest BCUT2D eigenvalue weighted by Crippen LogP contribution is 2.19. The Kier molecular flexibility index (Phi) is 5.56. The number of hydrogen-bond acceptors (Lipinski definition) is 3. The molecule has 0 aromatic heterocycles. The van der Waals surface area contributed by atoms with Crippen LogP contribution in [-0.4, -0.2) is 44.2 Å². The van der Waals surface area contributed by atoms with Crippen LogP contribution in [0.2, 0.25) is 0 Å². The molecule has 1 saturated heterocycles. The van der Waals surface area contributed by atoms with Crippen molar-refractivity contribution in [2.75, 3.05) is 33.4 Å². The number of amides is 1. The fourth-order valence-electron chi connectivity index (χ4n) is 2.70. The number of carbonyl (C=O) groups is 1. The van der Waals surface area contributed by atoms with Crippen LogP contribution in [0.15, 0.2) is 24.3 Å². The van der Waals surface area contributed by atoms with E-state index in [4.69, 9.17) is 10.5 Å². The van der Waals surface area contributed by atoms with E-state index < -0.39 is 0 Å². The van der Waals surface area contributed by atoms with Crippen molar-refractivity contribution in [2.45, 2.75) is 19.3 Å². The second kappa shape index (κ2) is 7.41. The van der Waals surface area contributed by atoms with Gasteiger partial charge in [-0.05, 0) is 49.4 Å². The smallest absolute Gasteiger partial charge is 0.253 e. The minimum atomic E-state index is 0.139. The Bertz CT molecular complexity index is 423. The van der Waals surface area contributed by atoms with Gasteiger partial charge in [-0.15, -0.1) is 0 Å². The predicted molar refractivity (Wildman–Crippen MR) is 79.7 cm³/mol. The topological polar surface area (TPSA) is 55.6 Å². The number of methoxy groups -OCH3 is 1. The molecule has 1 aliphatic heterocycles. The summed E-state index contributed by atoms with van der Waals surface area (Å²) >= 11 is 0. The molecule has 2 N–H and O–H groups in total. The van der Waals surface area contributed by atoms with Gasteiger partial charge in [0.25, 0.3) is 5.91 Å². The van der Waals surface area contributed by atoms with Crippen LogP contribution in [0.4, 0.5) is 0 Å². The standard InChI is InChI=1S/C16H24N2O2/c1-20-12-14-7-10-18(11-8-14)16(19)15-4-2-13(3-5-15)6-9-17/h2-5,14H,6-12,17H2,1H3. The first kappa shape index (κ1) is 15.0. The Labute approximate surface area is 120 Å². The SMILES string of the molecule is COCC1CCN(C(=O)c2ccc(CCN)cc2)CC1. The number of nitrogens with zero attached hydrogens (tertiary/aromatic N) is 1. The Balaban J connectivity index is 1.91. The van der Waals surface area contributed by atoms with Crippen LogP contribution in [0.1, 0.15) is 28.8 Å². The maximum Gasteiger partial charge on any atom is 0.253 e. The van der Waals surface area contributed by atoms with Crippen LogP contribution in [0, 0.1) is 5.92 Å². The fourth-order valence-corrected chi connectivity index (χ4v) is 2.70. The van der Waals surface area contributed by atoms with Crippen LogP contribution in [0.3, 0.4) is 0 Å². The van der Waals surface area contributed by atoms with E-state index in [9.17, 15) is 4.79 Å². The molecular weight excluding hydrogens is 252 g/mol.